The molecule has 0 amide bonds. The first-order chi connectivity index (χ1) is 9.74. The van der Waals surface area contributed by atoms with Crippen LogP contribution in [0.5, 0.6) is 0 Å². The number of hydrogen-bond donors (Lipinski definition) is 0. The molecule has 0 radical (unpaired) electrons. The molecule has 2 aliphatic rings. The minimum atomic E-state index is 0.372. The van der Waals surface area contributed by atoms with E-state index in [1.54, 1.807) is 0 Å². The predicted octanol–water partition coefficient (Wildman–Crippen LogP) is 5.95. The standard InChI is InChI=1S/C19H33N/c1-3-4-5-15(2)17-10-12-19(13-11-17)18-8-6-16(14-20)7-9-18/h15-19H,3-13H2,1-2H3. The third kappa shape index (κ3) is 4.24. The van der Waals surface area contributed by atoms with Crippen molar-refractivity contribution >= 4 is 0 Å². The fourth-order valence-electron chi connectivity index (χ4n) is 4.67. The van der Waals surface area contributed by atoms with Gasteiger partial charge in [-0.25, -0.2) is 0 Å². The summed E-state index contributed by atoms with van der Waals surface area (Å²) >= 11 is 0. The van der Waals surface area contributed by atoms with Gasteiger partial charge in [-0.05, 0) is 75.0 Å². The van der Waals surface area contributed by atoms with Crippen LogP contribution in [0.15, 0.2) is 0 Å². The molecule has 0 aromatic heterocycles. The van der Waals surface area contributed by atoms with Gasteiger partial charge in [0.05, 0.1) is 6.07 Å². The van der Waals surface area contributed by atoms with Crippen LogP contribution in [0.1, 0.15) is 84.5 Å². The van der Waals surface area contributed by atoms with Crippen LogP contribution in [-0.4, -0.2) is 0 Å². The van der Waals surface area contributed by atoms with E-state index in [2.05, 4.69) is 19.9 Å². The molecule has 1 unspecified atom stereocenters. The molecule has 0 saturated heterocycles. The van der Waals surface area contributed by atoms with Crippen molar-refractivity contribution in [1.29, 1.82) is 5.26 Å². The van der Waals surface area contributed by atoms with Crippen molar-refractivity contribution in [1.82, 2.24) is 0 Å². The van der Waals surface area contributed by atoms with Gasteiger partial charge in [0, 0.05) is 5.92 Å². The van der Waals surface area contributed by atoms with Gasteiger partial charge in [-0.3, -0.25) is 0 Å². The zero-order valence-electron chi connectivity index (χ0n) is 13.6. The Morgan fingerprint density at radius 1 is 0.950 bits per heavy atom. The summed E-state index contributed by atoms with van der Waals surface area (Å²) in [4.78, 5) is 0. The zero-order valence-corrected chi connectivity index (χ0v) is 13.6. The zero-order chi connectivity index (χ0) is 14.4. The summed E-state index contributed by atoms with van der Waals surface area (Å²) in [5, 5.41) is 9.00. The van der Waals surface area contributed by atoms with Crippen molar-refractivity contribution in [3.8, 4) is 6.07 Å². The van der Waals surface area contributed by atoms with Gasteiger partial charge in [0.1, 0.15) is 0 Å². The highest BCUT2D eigenvalue weighted by Crippen LogP contribution is 2.43. The topological polar surface area (TPSA) is 23.8 Å². The molecular weight excluding hydrogens is 242 g/mol. The van der Waals surface area contributed by atoms with Gasteiger partial charge in [-0.15, -0.1) is 0 Å². The van der Waals surface area contributed by atoms with Crippen LogP contribution in [0.2, 0.25) is 0 Å². The Hall–Kier alpha value is -0.510. The van der Waals surface area contributed by atoms with Crippen molar-refractivity contribution in [2.45, 2.75) is 84.5 Å². The molecule has 114 valence electrons. The fourth-order valence-corrected chi connectivity index (χ4v) is 4.67. The van der Waals surface area contributed by atoms with Crippen LogP contribution in [0.4, 0.5) is 0 Å². The summed E-state index contributed by atoms with van der Waals surface area (Å²) < 4.78 is 0. The average molecular weight is 275 g/mol. The van der Waals surface area contributed by atoms with Crippen molar-refractivity contribution in [3.63, 3.8) is 0 Å². The van der Waals surface area contributed by atoms with E-state index >= 15 is 0 Å². The van der Waals surface area contributed by atoms with Crippen LogP contribution in [0.25, 0.3) is 0 Å². The van der Waals surface area contributed by atoms with Crippen molar-refractivity contribution in [3.05, 3.63) is 0 Å². The van der Waals surface area contributed by atoms with E-state index in [0.29, 0.717) is 5.92 Å². The highest BCUT2D eigenvalue weighted by atomic mass is 14.4. The maximum Gasteiger partial charge on any atom is 0.0655 e. The summed E-state index contributed by atoms with van der Waals surface area (Å²) in [5.41, 5.74) is 0. The molecule has 2 fully saturated rings. The number of nitrogens with zero attached hydrogens (tertiary/aromatic N) is 1. The lowest BCUT2D eigenvalue weighted by Gasteiger charge is -2.38. The first-order valence-electron chi connectivity index (χ1n) is 9.14. The molecule has 1 atom stereocenters. The Morgan fingerprint density at radius 3 is 2.00 bits per heavy atom. The van der Waals surface area contributed by atoms with Crippen LogP contribution in [0.3, 0.4) is 0 Å². The van der Waals surface area contributed by atoms with Gasteiger partial charge >= 0.3 is 0 Å². The van der Waals surface area contributed by atoms with E-state index in [4.69, 9.17) is 5.26 Å². The molecule has 0 N–H and O–H groups in total. The Balaban J connectivity index is 1.70. The smallest absolute Gasteiger partial charge is 0.0655 e. The second-order valence-electron chi connectivity index (χ2n) is 7.54. The van der Waals surface area contributed by atoms with E-state index in [0.717, 1.165) is 23.7 Å². The van der Waals surface area contributed by atoms with Crippen molar-refractivity contribution in [2.75, 3.05) is 0 Å². The minimum absolute atomic E-state index is 0.372. The monoisotopic (exact) mass is 275 g/mol. The Labute approximate surface area is 126 Å². The first kappa shape index (κ1) is 15.9. The lowest BCUT2D eigenvalue weighted by molar-refractivity contribution is 0.133. The second kappa shape index (κ2) is 8.06. The van der Waals surface area contributed by atoms with E-state index in [1.807, 2.05) is 0 Å². The van der Waals surface area contributed by atoms with Crippen molar-refractivity contribution < 1.29 is 0 Å². The van der Waals surface area contributed by atoms with E-state index in [-0.39, 0.29) is 0 Å². The summed E-state index contributed by atoms with van der Waals surface area (Å²) in [6, 6.07) is 2.47. The fraction of sp³-hybridized carbons (Fsp3) is 0.947. The summed E-state index contributed by atoms with van der Waals surface area (Å²) in [6.07, 6.45) is 15.1. The largest absolute Gasteiger partial charge is 0.198 e. The molecule has 20 heavy (non-hydrogen) atoms. The molecule has 0 spiro atoms. The lowest BCUT2D eigenvalue weighted by Crippen LogP contribution is -2.27. The summed E-state index contributed by atoms with van der Waals surface area (Å²) in [7, 11) is 0. The molecule has 1 heteroatoms. The number of hydrogen-bond acceptors (Lipinski definition) is 1. The summed E-state index contributed by atoms with van der Waals surface area (Å²) in [5.74, 6) is 4.27. The van der Waals surface area contributed by atoms with Gasteiger partial charge in [0.15, 0.2) is 0 Å². The molecule has 2 saturated carbocycles. The van der Waals surface area contributed by atoms with Gasteiger partial charge in [-0.2, -0.15) is 5.26 Å². The highest BCUT2D eigenvalue weighted by Gasteiger charge is 2.32. The van der Waals surface area contributed by atoms with Crippen LogP contribution < -0.4 is 0 Å². The maximum atomic E-state index is 9.00. The lowest BCUT2D eigenvalue weighted by atomic mass is 9.67. The predicted molar refractivity (Wildman–Crippen MR) is 85.2 cm³/mol. The van der Waals surface area contributed by atoms with E-state index in [1.165, 1.54) is 70.6 Å². The normalized spacial score (nSPS) is 36.2. The van der Waals surface area contributed by atoms with E-state index in [9.17, 15) is 0 Å². The molecule has 1 nitrogen and oxygen atoms in total. The third-order valence-electron chi connectivity index (χ3n) is 6.26. The molecule has 0 aliphatic heterocycles. The van der Waals surface area contributed by atoms with Gasteiger partial charge < -0.3 is 0 Å². The van der Waals surface area contributed by atoms with Crippen LogP contribution >= 0.6 is 0 Å². The Bertz CT molecular complexity index is 300. The average Bonchev–Trinajstić information content (AvgIpc) is 2.53. The molecule has 0 bridgehead atoms. The molecule has 2 rings (SSSR count). The minimum Gasteiger partial charge on any atom is -0.198 e. The van der Waals surface area contributed by atoms with E-state index < -0.39 is 0 Å². The quantitative estimate of drug-likeness (QED) is 0.608. The van der Waals surface area contributed by atoms with Gasteiger partial charge in [0.2, 0.25) is 0 Å². The van der Waals surface area contributed by atoms with Gasteiger partial charge in [-0.1, -0.05) is 33.1 Å². The first-order valence-corrected chi connectivity index (χ1v) is 9.14. The summed E-state index contributed by atoms with van der Waals surface area (Å²) in [6.45, 7) is 4.79. The van der Waals surface area contributed by atoms with Crippen LogP contribution in [0, 0.1) is 40.9 Å². The number of unbranched alkanes of at least 4 members (excludes halogenated alkanes) is 1. The third-order valence-corrected chi connectivity index (χ3v) is 6.26. The Morgan fingerprint density at radius 2 is 1.50 bits per heavy atom. The number of rotatable bonds is 5. The van der Waals surface area contributed by atoms with Crippen molar-refractivity contribution in [2.24, 2.45) is 29.6 Å². The second-order valence-corrected chi connectivity index (χ2v) is 7.54. The SMILES string of the molecule is CCCCC(C)C1CCC(C2CCC(C#N)CC2)CC1. The van der Waals surface area contributed by atoms with Crippen LogP contribution in [-0.2, 0) is 0 Å². The molecule has 2 aliphatic carbocycles. The maximum absolute atomic E-state index is 9.00. The Kier molecular flexibility index (Phi) is 6.40. The molecule has 0 heterocycles. The molecular formula is C19H33N. The van der Waals surface area contributed by atoms with Gasteiger partial charge in [0.25, 0.3) is 0 Å². The molecule has 0 aromatic carbocycles. The highest BCUT2D eigenvalue weighted by molar-refractivity contribution is 4.89. The number of nitriles is 1. The molecule has 0 aromatic rings.